The predicted molar refractivity (Wildman–Crippen MR) is 102 cm³/mol. The van der Waals surface area contributed by atoms with Crippen molar-refractivity contribution in [3.63, 3.8) is 0 Å². The summed E-state index contributed by atoms with van der Waals surface area (Å²) in [5.74, 6) is 5.64. The van der Waals surface area contributed by atoms with Crippen molar-refractivity contribution in [3.8, 4) is 0 Å². The molecule has 0 unspecified atom stereocenters. The first-order valence-electron chi connectivity index (χ1n) is 8.61. The summed E-state index contributed by atoms with van der Waals surface area (Å²) < 4.78 is 14.7. The summed E-state index contributed by atoms with van der Waals surface area (Å²) in [6, 6.07) is 11.1. The van der Waals surface area contributed by atoms with E-state index in [1.807, 2.05) is 18.3 Å². The lowest BCUT2D eigenvalue weighted by Gasteiger charge is -2.21. The van der Waals surface area contributed by atoms with Crippen LogP contribution in [0.4, 0.5) is 4.39 Å². The van der Waals surface area contributed by atoms with E-state index >= 15 is 0 Å². The topological polar surface area (TPSA) is 51.3 Å². The first-order chi connectivity index (χ1) is 12.5. The fourth-order valence-corrected chi connectivity index (χ4v) is 3.44. The molecule has 0 saturated carbocycles. The van der Waals surface area contributed by atoms with Crippen LogP contribution in [-0.4, -0.2) is 35.5 Å². The number of likely N-dealkylation sites (N-methyl/N-ethyl adjacent to an activating group) is 1. The first kappa shape index (κ1) is 16.5. The molecule has 4 nitrogen and oxygen atoms in total. The third-order valence-corrected chi connectivity index (χ3v) is 4.96. The molecule has 0 amide bonds. The molecule has 2 heterocycles. The number of fused-ring (bicyclic) bond motifs is 1. The Morgan fingerprint density at radius 2 is 1.85 bits per heavy atom. The minimum absolute atomic E-state index is 0.125. The van der Waals surface area contributed by atoms with Crippen molar-refractivity contribution in [3.05, 3.63) is 77.2 Å². The van der Waals surface area contributed by atoms with Crippen LogP contribution in [0.3, 0.4) is 0 Å². The maximum Gasteiger partial charge on any atom is 0.193 e. The Morgan fingerprint density at radius 3 is 2.54 bits per heavy atom. The van der Waals surface area contributed by atoms with Crippen molar-refractivity contribution >= 4 is 22.3 Å². The standard InChI is InChI=1S/C21H20FN3O/c1-24-10-8-14(9-11-24)19-13-25(23)20-7-4-16(12-18(19)20)21(26)15-2-5-17(22)6-3-15/h2-8,12-13H,9-11,23H2,1H3. The van der Waals surface area contributed by atoms with Gasteiger partial charge < -0.3 is 10.7 Å². The Bertz CT molecular complexity index is 1020. The molecule has 26 heavy (non-hydrogen) atoms. The third kappa shape index (κ3) is 2.91. The zero-order valence-electron chi connectivity index (χ0n) is 14.6. The summed E-state index contributed by atoms with van der Waals surface area (Å²) in [6.07, 6.45) is 5.09. The number of hydrogen-bond acceptors (Lipinski definition) is 3. The van der Waals surface area contributed by atoms with E-state index in [-0.39, 0.29) is 11.6 Å². The fourth-order valence-electron chi connectivity index (χ4n) is 3.44. The van der Waals surface area contributed by atoms with Crippen LogP contribution in [0.1, 0.15) is 27.9 Å². The molecule has 0 bridgehead atoms. The van der Waals surface area contributed by atoms with Gasteiger partial charge in [-0.05, 0) is 61.5 Å². The van der Waals surface area contributed by atoms with Crippen molar-refractivity contribution in [2.45, 2.75) is 6.42 Å². The van der Waals surface area contributed by atoms with Crippen LogP contribution in [0.5, 0.6) is 0 Å². The number of ketones is 1. The number of halogens is 1. The number of aromatic nitrogens is 1. The summed E-state index contributed by atoms with van der Waals surface area (Å²) in [5, 5.41) is 0.969. The Kier molecular flexibility index (Phi) is 4.09. The molecule has 3 aromatic rings. The van der Waals surface area contributed by atoms with Gasteiger partial charge in [0, 0.05) is 41.4 Å². The van der Waals surface area contributed by atoms with Crippen LogP contribution >= 0.6 is 0 Å². The van der Waals surface area contributed by atoms with Gasteiger partial charge in [-0.2, -0.15) is 0 Å². The molecule has 2 N–H and O–H groups in total. The zero-order chi connectivity index (χ0) is 18.3. The molecule has 1 aliphatic rings. The van der Waals surface area contributed by atoms with Gasteiger partial charge >= 0.3 is 0 Å². The number of carbonyl (C=O) groups is 1. The molecular formula is C21H20FN3O. The second-order valence-electron chi connectivity index (χ2n) is 6.76. The molecule has 0 fully saturated rings. The van der Waals surface area contributed by atoms with E-state index in [0.717, 1.165) is 36.0 Å². The summed E-state index contributed by atoms with van der Waals surface area (Å²) in [7, 11) is 2.10. The molecule has 0 radical (unpaired) electrons. The van der Waals surface area contributed by atoms with Gasteiger partial charge in [0.05, 0.1) is 5.52 Å². The van der Waals surface area contributed by atoms with E-state index in [1.54, 1.807) is 10.7 Å². The minimum atomic E-state index is -0.353. The smallest absolute Gasteiger partial charge is 0.193 e. The second-order valence-corrected chi connectivity index (χ2v) is 6.76. The SMILES string of the molecule is CN1CC=C(c2cn(N)c3ccc(C(=O)c4ccc(F)cc4)cc23)CC1. The normalized spacial score (nSPS) is 15.2. The van der Waals surface area contributed by atoms with Crippen molar-refractivity contribution < 1.29 is 9.18 Å². The van der Waals surface area contributed by atoms with E-state index in [9.17, 15) is 9.18 Å². The molecule has 0 aliphatic carbocycles. The maximum atomic E-state index is 13.1. The van der Waals surface area contributed by atoms with E-state index in [1.165, 1.54) is 29.8 Å². The van der Waals surface area contributed by atoms with Gasteiger partial charge in [-0.3, -0.25) is 9.47 Å². The molecule has 4 rings (SSSR count). The van der Waals surface area contributed by atoms with Gasteiger partial charge in [0.2, 0.25) is 0 Å². The van der Waals surface area contributed by atoms with Gasteiger partial charge in [-0.25, -0.2) is 4.39 Å². The van der Waals surface area contributed by atoms with Gasteiger partial charge in [0.25, 0.3) is 0 Å². The Morgan fingerprint density at radius 1 is 1.12 bits per heavy atom. The van der Waals surface area contributed by atoms with E-state index in [2.05, 4.69) is 18.0 Å². The number of benzene rings is 2. The highest BCUT2D eigenvalue weighted by molar-refractivity contribution is 6.11. The molecular weight excluding hydrogens is 329 g/mol. The highest BCUT2D eigenvalue weighted by Gasteiger charge is 2.17. The minimum Gasteiger partial charge on any atom is -0.339 e. The van der Waals surface area contributed by atoms with Crippen molar-refractivity contribution in [2.75, 3.05) is 26.0 Å². The molecule has 1 aromatic heterocycles. The highest BCUT2D eigenvalue weighted by Crippen LogP contribution is 2.31. The number of nitrogens with two attached hydrogens (primary N) is 1. The van der Waals surface area contributed by atoms with Crippen LogP contribution in [0.2, 0.25) is 0 Å². The van der Waals surface area contributed by atoms with Crippen molar-refractivity contribution in [2.24, 2.45) is 0 Å². The number of nitrogens with zero attached hydrogens (tertiary/aromatic N) is 2. The van der Waals surface area contributed by atoms with Crippen LogP contribution in [0.25, 0.3) is 16.5 Å². The summed E-state index contributed by atoms with van der Waals surface area (Å²) in [4.78, 5) is 15.0. The average Bonchev–Trinajstić information content (AvgIpc) is 2.98. The molecule has 0 atom stereocenters. The average molecular weight is 349 g/mol. The number of carbonyl (C=O) groups excluding carboxylic acids is 1. The van der Waals surface area contributed by atoms with Crippen molar-refractivity contribution in [1.82, 2.24) is 9.58 Å². The summed E-state index contributed by atoms with van der Waals surface area (Å²) in [5.41, 5.74) is 4.26. The lowest BCUT2D eigenvalue weighted by molar-refractivity contribution is 0.103. The van der Waals surface area contributed by atoms with Crippen LogP contribution in [-0.2, 0) is 0 Å². The van der Waals surface area contributed by atoms with Crippen LogP contribution < -0.4 is 5.84 Å². The number of nitrogen functional groups attached to an aromatic ring is 1. The van der Waals surface area contributed by atoms with Gasteiger partial charge in [0.1, 0.15) is 5.82 Å². The molecule has 0 spiro atoms. The molecule has 2 aromatic carbocycles. The lowest BCUT2D eigenvalue weighted by Crippen LogP contribution is -2.23. The highest BCUT2D eigenvalue weighted by atomic mass is 19.1. The van der Waals surface area contributed by atoms with Gasteiger partial charge in [-0.15, -0.1) is 0 Å². The van der Waals surface area contributed by atoms with Gasteiger partial charge in [-0.1, -0.05) is 6.08 Å². The molecule has 0 saturated heterocycles. The van der Waals surface area contributed by atoms with Gasteiger partial charge in [0.15, 0.2) is 5.78 Å². The second kappa shape index (κ2) is 6.42. The van der Waals surface area contributed by atoms with Crippen molar-refractivity contribution in [1.29, 1.82) is 0 Å². The fraction of sp³-hybridized carbons (Fsp3) is 0.190. The van der Waals surface area contributed by atoms with E-state index in [0.29, 0.717) is 11.1 Å². The third-order valence-electron chi connectivity index (χ3n) is 4.96. The quantitative estimate of drug-likeness (QED) is 0.582. The molecule has 132 valence electrons. The lowest BCUT2D eigenvalue weighted by atomic mass is 9.96. The van der Waals surface area contributed by atoms with Crippen LogP contribution in [0, 0.1) is 5.82 Å². The first-order valence-corrected chi connectivity index (χ1v) is 8.61. The molecule has 5 heteroatoms. The predicted octanol–water partition coefficient (Wildman–Crippen LogP) is 3.44. The monoisotopic (exact) mass is 349 g/mol. The van der Waals surface area contributed by atoms with Crippen LogP contribution in [0.15, 0.2) is 54.7 Å². The van der Waals surface area contributed by atoms with E-state index < -0.39 is 0 Å². The number of rotatable bonds is 3. The van der Waals surface area contributed by atoms with E-state index in [4.69, 9.17) is 5.84 Å². The summed E-state index contributed by atoms with van der Waals surface area (Å²) in [6.45, 7) is 1.90. The zero-order valence-corrected chi connectivity index (χ0v) is 14.6. The summed E-state index contributed by atoms with van der Waals surface area (Å²) >= 11 is 0. The molecule has 1 aliphatic heterocycles. The maximum absolute atomic E-state index is 13.1. The largest absolute Gasteiger partial charge is 0.339 e. The number of hydrogen-bond donors (Lipinski definition) is 1. The Labute approximate surface area is 151 Å². The Hall–Kier alpha value is -2.92. The Balaban J connectivity index is 1.78.